The first-order valence-electron chi connectivity index (χ1n) is 8.93. The maximum absolute atomic E-state index is 12.1. The molecule has 0 aromatic carbocycles. The Morgan fingerprint density at radius 1 is 1.46 bits per heavy atom. The number of thiazole rings is 1. The number of carbonyl (C=O) groups excluding carboxylic acids is 1. The number of aryl methyl sites for hydroxylation is 1. The third-order valence-corrected chi connectivity index (χ3v) is 5.80. The third kappa shape index (κ3) is 5.07. The lowest BCUT2D eigenvalue weighted by Crippen LogP contribution is -2.42. The van der Waals surface area contributed by atoms with Gasteiger partial charge >= 0.3 is 0 Å². The van der Waals surface area contributed by atoms with Crippen molar-refractivity contribution in [2.45, 2.75) is 26.7 Å². The molecule has 3 rings (SSSR count). The molecular formula is C17H28IN5O2S. The number of ether oxygens (including phenoxy) is 1. The zero-order valence-electron chi connectivity index (χ0n) is 15.4. The minimum atomic E-state index is -0.0663. The number of carbonyl (C=O) groups is 1. The van der Waals surface area contributed by atoms with Crippen LogP contribution < -0.4 is 10.6 Å². The molecule has 1 atom stereocenters. The molecule has 1 unspecified atom stereocenters. The summed E-state index contributed by atoms with van der Waals surface area (Å²) in [6.45, 7) is 9.62. The van der Waals surface area contributed by atoms with Gasteiger partial charge < -0.3 is 20.3 Å². The Balaban J connectivity index is 0.00000243. The number of hydrogen-bond donors (Lipinski definition) is 2. The fourth-order valence-corrected chi connectivity index (χ4v) is 4.16. The van der Waals surface area contributed by atoms with Crippen LogP contribution in [-0.4, -0.2) is 67.7 Å². The summed E-state index contributed by atoms with van der Waals surface area (Å²) in [4.78, 5) is 23.9. The minimum absolute atomic E-state index is 0. The summed E-state index contributed by atoms with van der Waals surface area (Å²) in [6.07, 6.45) is 2.31. The predicted octanol–water partition coefficient (Wildman–Crippen LogP) is 1.88. The zero-order valence-corrected chi connectivity index (χ0v) is 18.6. The van der Waals surface area contributed by atoms with Crippen LogP contribution in [0.4, 0.5) is 0 Å². The van der Waals surface area contributed by atoms with Crippen LogP contribution >= 0.6 is 35.3 Å². The van der Waals surface area contributed by atoms with E-state index < -0.39 is 0 Å². The molecule has 2 fully saturated rings. The van der Waals surface area contributed by atoms with Crippen LogP contribution in [0.1, 0.15) is 35.1 Å². The molecular weight excluding hydrogens is 465 g/mol. The van der Waals surface area contributed by atoms with Gasteiger partial charge in [-0.15, -0.1) is 35.3 Å². The van der Waals surface area contributed by atoms with Gasteiger partial charge in [0.1, 0.15) is 4.88 Å². The predicted molar refractivity (Wildman–Crippen MR) is 115 cm³/mol. The third-order valence-electron chi connectivity index (χ3n) is 4.87. The van der Waals surface area contributed by atoms with Crippen molar-refractivity contribution in [3.8, 4) is 0 Å². The number of nitrogens with one attached hydrogen (secondary N) is 2. The molecule has 0 bridgehead atoms. The van der Waals surface area contributed by atoms with Gasteiger partial charge in [-0.1, -0.05) is 0 Å². The molecule has 26 heavy (non-hydrogen) atoms. The van der Waals surface area contributed by atoms with E-state index in [1.54, 1.807) is 5.51 Å². The Bertz CT molecular complexity index is 630. The van der Waals surface area contributed by atoms with Gasteiger partial charge in [0.2, 0.25) is 0 Å². The van der Waals surface area contributed by atoms with Gasteiger partial charge in [-0.2, -0.15) is 0 Å². The van der Waals surface area contributed by atoms with Crippen LogP contribution in [0, 0.1) is 12.3 Å². The summed E-state index contributed by atoms with van der Waals surface area (Å²) in [5.74, 6) is 0.873. The normalized spacial score (nSPS) is 22.5. The lowest BCUT2D eigenvalue weighted by molar-refractivity contribution is 0.0958. The largest absolute Gasteiger partial charge is 0.381 e. The lowest BCUT2D eigenvalue weighted by Gasteiger charge is -2.25. The number of amides is 1. The molecule has 9 heteroatoms. The summed E-state index contributed by atoms with van der Waals surface area (Å²) in [7, 11) is 0. The van der Waals surface area contributed by atoms with Crippen LogP contribution in [0.3, 0.4) is 0 Å². The van der Waals surface area contributed by atoms with E-state index in [-0.39, 0.29) is 29.9 Å². The van der Waals surface area contributed by atoms with Gasteiger partial charge in [-0.25, -0.2) is 4.98 Å². The van der Waals surface area contributed by atoms with E-state index in [1.807, 2.05) is 6.92 Å². The smallest absolute Gasteiger partial charge is 0.263 e. The molecule has 0 saturated carbocycles. The lowest BCUT2D eigenvalue weighted by atomic mass is 9.87. The molecule has 1 spiro atoms. The maximum atomic E-state index is 12.1. The first-order chi connectivity index (χ1) is 12.1. The molecule has 2 saturated heterocycles. The summed E-state index contributed by atoms with van der Waals surface area (Å²) >= 11 is 1.37. The van der Waals surface area contributed by atoms with Gasteiger partial charge in [0.15, 0.2) is 5.96 Å². The minimum Gasteiger partial charge on any atom is -0.381 e. The summed E-state index contributed by atoms with van der Waals surface area (Å²) in [6, 6.07) is 0. The first-order valence-corrected chi connectivity index (χ1v) is 9.81. The molecule has 2 aliphatic rings. The number of hydrogen-bond acceptors (Lipinski definition) is 5. The highest BCUT2D eigenvalue weighted by atomic mass is 127. The summed E-state index contributed by atoms with van der Waals surface area (Å²) in [5, 5.41) is 6.29. The van der Waals surface area contributed by atoms with Crippen LogP contribution in [0.5, 0.6) is 0 Å². The van der Waals surface area contributed by atoms with E-state index >= 15 is 0 Å². The van der Waals surface area contributed by atoms with E-state index in [4.69, 9.17) is 4.74 Å². The molecule has 3 heterocycles. The Morgan fingerprint density at radius 2 is 2.31 bits per heavy atom. The van der Waals surface area contributed by atoms with Gasteiger partial charge in [0.25, 0.3) is 5.91 Å². The SMILES string of the molecule is CCNC(=NCCNC(=O)c1scnc1C)N1CCC2(CCOC2)C1.I. The van der Waals surface area contributed by atoms with Crippen molar-refractivity contribution in [2.24, 2.45) is 10.4 Å². The Labute approximate surface area is 176 Å². The summed E-state index contributed by atoms with van der Waals surface area (Å²) < 4.78 is 5.60. The number of likely N-dealkylation sites (tertiary alicyclic amines) is 1. The Hall–Kier alpha value is -0.940. The maximum Gasteiger partial charge on any atom is 0.263 e. The standard InChI is InChI=1S/C17H27N5O2S.HI/c1-3-18-16(22-8-4-17(10-22)5-9-24-11-17)20-7-6-19-15(23)14-13(2)21-12-25-14;/h12H,3-11H2,1-2H3,(H,18,20)(H,19,23);1H. The van der Waals surface area contributed by atoms with E-state index in [2.05, 4.69) is 32.4 Å². The van der Waals surface area contributed by atoms with E-state index in [1.165, 1.54) is 17.8 Å². The first kappa shape index (κ1) is 21.4. The number of rotatable bonds is 5. The van der Waals surface area contributed by atoms with Crippen molar-refractivity contribution in [3.63, 3.8) is 0 Å². The van der Waals surface area contributed by atoms with Crippen molar-refractivity contribution >= 4 is 47.2 Å². The second-order valence-electron chi connectivity index (χ2n) is 6.73. The Morgan fingerprint density at radius 3 is 2.96 bits per heavy atom. The average Bonchev–Trinajstić information content (AvgIpc) is 3.33. The van der Waals surface area contributed by atoms with E-state index in [9.17, 15) is 4.79 Å². The van der Waals surface area contributed by atoms with Crippen LogP contribution in [0.25, 0.3) is 0 Å². The molecule has 1 aromatic rings. The number of aliphatic imine (C=N–C) groups is 1. The fourth-order valence-electron chi connectivity index (χ4n) is 3.44. The molecule has 0 aliphatic carbocycles. The molecule has 2 N–H and O–H groups in total. The second kappa shape index (κ2) is 9.84. The molecule has 146 valence electrons. The number of aromatic nitrogens is 1. The highest BCUT2D eigenvalue weighted by Gasteiger charge is 2.42. The van der Waals surface area contributed by atoms with Crippen LogP contribution in [-0.2, 0) is 4.74 Å². The van der Waals surface area contributed by atoms with Crippen molar-refractivity contribution in [1.29, 1.82) is 0 Å². The molecule has 7 nitrogen and oxygen atoms in total. The number of halogens is 1. The van der Waals surface area contributed by atoms with Crippen molar-refractivity contribution < 1.29 is 9.53 Å². The summed E-state index contributed by atoms with van der Waals surface area (Å²) in [5.41, 5.74) is 2.79. The van der Waals surface area contributed by atoms with Crippen LogP contribution in [0.2, 0.25) is 0 Å². The highest BCUT2D eigenvalue weighted by molar-refractivity contribution is 14.0. The Kier molecular flexibility index (Phi) is 8.08. The molecule has 1 amide bonds. The topological polar surface area (TPSA) is 78.8 Å². The average molecular weight is 493 g/mol. The van der Waals surface area contributed by atoms with E-state index in [0.29, 0.717) is 23.4 Å². The molecule has 0 radical (unpaired) electrons. The van der Waals surface area contributed by atoms with Crippen molar-refractivity contribution in [3.05, 3.63) is 16.1 Å². The van der Waals surface area contributed by atoms with Gasteiger partial charge in [0, 0.05) is 38.2 Å². The molecule has 1 aromatic heterocycles. The second-order valence-corrected chi connectivity index (χ2v) is 7.59. The van der Waals surface area contributed by atoms with Crippen molar-refractivity contribution in [1.82, 2.24) is 20.5 Å². The van der Waals surface area contributed by atoms with Crippen molar-refractivity contribution in [2.75, 3.05) is 45.9 Å². The quantitative estimate of drug-likeness (QED) is 0.284. The van der Waals surface area contributed by atoms with Gasteiger partial charge in [-0.05, 0) is 26.7 Å². The van der Waals surface area contributed by atoms with E-state index in [0.717, 1.165) is 50.9 Å². The fraction of sp³-hybridized carbons (Fsp3) is 0.706. The number of guanidine groups is 1. The van der Waals surface area contributed by atoms with Gasteiger partial charge in [0.05, 0.1) is 24.4 Å². The molecule has 2 aliphatic heterocycles. The highest BCUT2D eigenvalue weighted by Crippen LogP contribution is 2.38. The van der Waals surface area contributed by atoms with Gasteiger partial charge in [-0.3, -0.25) is 9.79 Å². The van der Waals surface area contributed by atoms with Crippen LogP contribution in [0.15, 0.2) is 10.5 Å². The number of nitrogens with zero attached hydrogens (tertiary/aromatic N) is 3. The monoisotopic (exact) mass is 493 g/mol. The zero-order chi connectivity index (χ0) is 17.7.